The van der Waals surface area contributed by atoms with E-state index >= 15 is 0 Å². The number of alkyl halides is 3. The molecule has 0 bridgehead atoms. The molecule has 0 fully saturated rings. The summed E-state index contributed by atoms with van der Waals surface area (Å²) in [6, 6.07) is 4.61. The van der Waals surface area contributed by atoms with E-state index < -0.39 is 17.8 Å². The third kappa shape index (κ3) is 3.28. The maximum Gasteiger partial charge on any atom is 0.416 e. The van der Waals surface area contributed by atoms with Gasteiger partial charge in [-0.3, -0.25) is 10.5 Å². The average Bonchev–Trinajstić information content (AvgIpc) is 2.88. The first-order valence-corrected chi connectivity index (χ1v) is 7.02. The molecule has 1 unspecified atom stereocenters. The van der Waals surface area contributed by atoms with Crippen LogP contribution in [-0.2, 0) is 12.7 Å². The van der Waals surface area contributed by atoms with Crippen molar-refractivity contribution in [2.75, 3.05) is 0 Å². The molecule has 0 saturated heterocycles. The monoisotopic (exact) mass is 362 g/mol. The summed E-state index contributed by atoms with van der Waals surface area (Å²) >= 11 is 3.28. The summed E-state index contributed by atoms with van der Waals surface area (Å²) in [6.07, 6.45) is -2.82. The second kappa shape index (κ2) is 6.17. The van der Waals surface area contributed by atoms with Crippen LogP contribution < -0.4 is 11.3 Å². The lowest BCUT2D eigenvalue weighted by molar-refractivity contribution is -0.137. The topological polar surface area (TPSA) is 55.9 Å². The van der Waals surface area contributed by atoms with Crippen molar-refractivity contribution in [2.24, 2.45) is 5.84 Å². The van der Waals surface area contributed by atoms with Crippen LogP contribution in [0.15, 0.2) is 34.9 Å². The molecule has 0 radical (unpaired) electrons. The van der Waals surface area contributed by atoms with Crippen molar-refractivity contribution in [1.82, 2.24) is 15.2 Å². The Morgan fingerprint density at radius 3 is 2.67 bits per heavy atom. The lowest BCUT2D eigenvalue weighted by atomic mass is 10.0. The van der Waals surface area contributed by atoms with E-state index in [9.17, 15) is 13.2 Å². The van der Waals surface area contributed by atoms with Crippen molar-refractivity contribution < 1.29 is 13.2 Å². The lowest BCUT2D eigenvalue weighted by Gasteiger charge is -2.20. The third-order valence-corrected chi connectivity index (χ3v) is 3.87. The lowest BCUT2D eigenvalue weighted by Crippen LogP contribution is -2.31. The predicted octanol–water partition coefficient (Wildman–Crippen LogP) is 3.24. The molecule has 1 heterocycles. The predicted molar refractivity (Wildman–Crippen MR) is 76.2 cm³/mol. The highest BCUT2D eigenvalue weighted by Crippen LogP contribution is 2.35. The third-order valence-electron chi connectivity index (χ3n) is 3.15. The molecule has 1 aromatic heterocycles. The molecule has 21 heavy (non-hydrogen) atoms. The highest BCUT2D eigenvalue weighted by atomic mass is 79.9. The van der Waals surface area contributed by atoms with Gasteiger partial charge in [0.15, 0.2) is 0 Å². The van der Waals surface area contributed by atoms with E-state index in [-0.39, 0.29) is 0 Å². The maximum atomic E-state index is 12.9. The molecule has 0 aliphatic heterocycles. The summed E-state index contributed by atoms with van der Waals surface area (Å²) < 4.78 is 40.8. The van der Waals surface area contributed by atoms with Crippen LogP contribution in [0.5, 0.6) is 0 Å². The van der Waals surface area contributed by atoms with Gasteiger partial charge in [-0.25, -0.2) is 5.43 Å². The number of rotatable bonds is 4. The summed E-state index contributed by atoms with van der Waals surface area (Å²) in [4.78, 5) is 0. The first-order valence-electron chi connectivity index (χ1n) is 6.23. The number of nitrogens with one attached hydrogen (secondary N) is 1. The van der Waals surface area contributed by atoms with Crippen molar-refractivity contribution in [3.8, 4) is 0 Å². The fraction of sp³-hybridized carbons (Fsp3) is 0.308. The second-order valence-corrected chi connectivity index (χ2v) is 5.26. The molecule has 2 rings (SSSR count). The Morgan fingerprint density at radius 1 is 1.38 bits per heavy atom. The van der Waals surface area contributed by atoms with E-state index in [1.54, 1.807) is 16.9 Å². The fourth-order valence-electron chi connectivity index (χ4n) is 2.13. The van der Waals surface area contributed by atoms with E-state index in [0.29, 0.717) is 22.3 Å². The van der Waals surface area contributed by atoms with Crippen molar-refractivity contribution in [1.29, 1.82) is 0 Å². The Morgan fingerprint density at radius 2 is 2.10 bits per heavy atom. The Balaban J connectivity index is 2.52. The number of halogens is 4. The number of benzene rings is 1. The van der Waals surface area contributed by atoms with Gasteiger partial charge in [0.2, 0.25) is 0 Å². The normalized spacial score (nSPS) is 13.4. The molecular formula is C13H14BrF3N4. The molecular weight excluding hydrogens is 349 g/mol. The summed E-state index contributed by atoms with van der Waals surface area (Å²) in [5.74, 6) is 5.55. The molecule has 0 aliphatic rings. The van der Waals surface area contributed by atoms with Gasteiger partial charge in [-0.15, -0.1) is 0 Å². The molecule has 0 spiro atoms. The zero-order valence-corrected chi connectivity index (χ0v) is 12.7. The van der Waals surface area contributed by atoms with Gasteiger partial charge >= 0.3 is 6.18 Å². The van der Waals surface area contributed by atoms with Gasteiger partial charge in [-0.1, -0.05) is 15.9 Å². The van der Waals surface area contributed by atoms with Crippen molar-refractivity contribution in [3.63, 3.8) is 0 Å². The number of hydrogen-bond donors (Lipinski definition) is 2. The van der Waals surface area contributed by atoms with Gasteiger partial charge in [0.05, 0.1) is 17.3 Å². The highest BCUT2D eigenvalue weighted by molar-refractivity contribution is 9.10. The fourth-order valence-corrected chi connectivity index (χ4v) is 2.60. The standard InChI is InChI=1S/C13H14BrF3N4/c1-2-21-11(5-6-19-21)12(20-18)9-7-8(13(15,16)17)3-4-10(9)14/h3-7,12,20H,2,18H2,1H3. The SMILES string of the molecule is CCn1nccc1C(NN)c1cc(C(F)(F)F)ccc1Br. The Labute approximate surface area is 128 Å². The molecule has 0 amide bonds. The Kier molecular flexibility index (Phi) is 4.70. The smallest absolute Gasteiger partial charge is 0.271 e. The number of aromatic nitrogens is 2. The van der Waals surface area contributed by atoms with Gasteiger partial charge in [0.25, 0.3) is 0 Å². The van der Waals surface area contributed by atoms with Gasteiger partial charge in [0.1, 0.15) is 0 Å². The second-order valence-electron chi connectivity index (χ2n) is 4.41. The summed E-state index contributed by atoms with van der Waals surface area (Å²) in [5, 5.41) is 4.11. The van der Waals surface area contributed by atoms with Crippen LogP contribution in [0.4, 0.5) is 13.2 Å². The molecule has 2 aromatic rings. The molecule has 8 heteroatoms. The Bertz CT molecular complexity index is 624. The van der Waals surface area contributed by atoms with Crippen LogP contribution >= 0.6 is 15.9 Å². The maximum absolute atomic E-state index is 12.9. The van der Waals surface area contributed by atoms with Gasteiger partial charge in [0, 0.05) is 17.2 Å². The first-order chi connectivity index (χ1) is 9.88. The number of nitrogens with zero attached hydrogens (tertiary/aromatic N) is 2. The zero-order valence-electron chi connectivity index (χ0n) is 11.2. The summed E-state index contributed by atoms with van der Waals surface area (Å²) in [5.41, 5.74) is 2.94. The van der Waals surface area contributed by atoms with Crippen LogP contribution in [-0.4, -0.2) is 9.78 Å². The van der Waals surface area contributed by atoms with Crippen LogP contribution in [0.25, 0.3) is 0 Å². The largest absolute Gasteiger partial charge is 0.416 e. The Hall–Kier alpha value is -1.38. The highest BCUT2D eigenvalue weighted by Gasteiger charge is 2.32. The van der Waals surface area contributed by atoms with E-state index in [1.165, 1.54) is 6.07 Å². The summed E-state index contributed by atoms with van der Waals surface area (Å²) in [6.45, 7) is 2.49. The molecule has 4 nitrogen and oxygen atoms in total. The zero-order chi connectivity index (χ0) is 15.6. The van der Waals surface area contributed by atoms with Crippen LogP contribution in [0, 0.1) is 0 Å². The number of aryl methyl sites for hydroxylation is 1. The molecule has 0 saturated carbocycles. The molecule has 114 valence electrons. The number of hydrazine groups is 1. The first kappa shape index (κ1) is 16.0. The minimum atomic E-state index is -4.40. The van der Waals surface area contributed by atoms with E-state index in [4.69, 9.17) is 5.84 Å². The van der Waals surface area contributed by atoms with E-state index in [2.05, 4.69) is 26.5 Å². The van der Waals surface area contributed by atoms with Crippen LogP contribution in [0.1, 0.15) is 29.8 Å². The quantitative estimate of drug-likeness (QED) is 0.648. The van der Waals surface area contributed by atoms with Gasteiger partial charge < -0.3 is 0 Å². The van der Waals surface area contributed by atoms with E-state index in [1.807, 2.05) is 6.92 Å². The minimum Gasteiger partial charge on any atom is -0.271 e. The number of nitrogens with two attached hydrogens (primary N) is 1. The molecule has 0 aliphatic carbocycles. The van der Waals surface area contributed by atoms with Gasteiger partial charge in [-0.05, 0) is 36.8 Å². The molecule has 1 atom stereocenters. The van der Waals surface area contributed by atoms with E-state index in [0.717, 1.165) is 12.1 Å². The van der Waals surface area contributed by atoms with Gasteiger partial charge in [-0.2, -0.15) is 18.3 Å². The van der Waals surface area contributed by atoms with Crippen LogP contribution in [0.3, 0.4) is 0 Å². The van der Waals surface area contributed by atoms with Crippen LogP contribution in [0.2, 0.25) is 0 Å². The molecule has 1 aromatic carbocycles. The minimum absolute atomic E-state index is 0.405. The average molecular weight is 363 g/mol. The van der Waals surface area contributed by atoms with Crippen molar-refractivity contribution in [3.05, 3.63) is 51.8 Å². The number of hydrogen-bond acceptors (Lipinski definition) is 3. The summed E-state index contributed by atoms with van der Waals surface area (Å²) in [7, 11) is 0. The van der Waals surface area contributed by atoms with Crippen molar-refractivity contribution >= 4 is 15.9 Å². The molecule has 3 N–H and O–H groups in total. The van der Waals surface area contributed by atoms with Crippen molar-refractivity contribution in [2.45, 2.75) is 25.7 Å².